The maximum Gasteiger partial charge on any atom is 0.249 e. The highest BCUT2D eigenvalue weighted by atomic mass is 16.1. The highest BCUT2D eigenvalue weighted by Crippen LogP contribution is 2.38. The minimum absolute atomic E-state index is 0.271. The first-order valence-corrected chi connectivity index (χ1v) is 7.87. The van der Waals surface area contributed by atoms with Crippen LogP contribution in [0.5, 0.6) is 0 Å². The van der Waals surface area contributed by atoms with Crippen LogP contribution >= 0.6 is 0 Å². The van der Waals surface area contributed by atoms with Crippen molar-refractivity contribution in [3.8, 4) is 22.3 Å². The highest BCUT2D eigenvalue weighted by molar-refractivity contribution is 6.10. The van der Waals surface area contributed by atoms with E-state index in [0.717, 1.165) is 0 Å². The Balaban J connectivity index is 2.45. The Morgan fingerprint density at radius 2 is 1.15 bits per heavy atom. The van der Waals surface area contributed by atoms with Crippen molar-refractivity contribution in [2.45, 2.75) is 0 Å². The molecule has 0 spiro atoms. The molecule has 130 valence electrons. The molecule has 0 unspecified atom stereocenters. The molecule has 0 fully saturated rings. The maximum absolute atomic E-state index is 12.1. The van der Waals surface area contributed by atoms with E-state index in [1.807, 2.05) is 0 Å². The average Bonchev–Trinajstić information content (AvgIpc) is 2.61. The summed E-state index contributed by atoms with van der Waals surface area (Å²) in [5.74, 6) is -1.23. The van der Waals surface area contributed by atoms with Crippen LogP contribution in [0.4, 0.5) is 11.4 Å². The number of rotatable bonds is 4. The lowest BCUT2D eigenvalue weighted by atomic mass is 9.86. The fourth-order valence-corrected chi connectivity index (χ4v) is 2.96. The van der Waals surface area contributed by atoms with Crippen molar-refractivity contribution in [3.63, 3.8) is 0 Å². The number of amides is 2. The molecule has 0 bridgehead atoms. The molecule has 0 aliphatic heterocycles. The number of hydrogen-bond donors (Lipinski definition) is 4. The van der Waals surface area contributed by atoms with Gasteiger partial charge in [0.2, 0.25) is 11.8 Å². The predicted molar refractivity (Wildman–Crippen MR) is 103 cm³/mol. The summed E-state index contributed by atoms with van der Waals surface area (Å²) >= 11 is 0. The second-order valence-corrected chi connectivity index (χ2v) is 5.89. The van der Waals surface area contributed by atoms with Crippen molar-refractivity contribution < 1.29 is 9.59 Å². The Morgan fingerprint density at radius 1 is 0.615 bits per heavy atom. The van der Waals surface area contributed by atoms with Crippen molar-refractivity contribution in [2.75, 3.05) is 11.5 Å². The van der Waals surface area contributed by atoms with E-state index in [4.69, 9.17) is 22.9 Å². The molecule has 0 saturated carbocycles. The largest absolute Gasteiger partial charge is 0.399 e. The number of carbonyl (C=O) groups is 2. The van der Waals surface area contributed by atoms with E-state index in [0.29, 0.717) is 33.6 Å². The van der Waals surface area contributed by atoms with Gasteiger partial charge in [-0.05, 0) is 47.5 Å². The molecule has 0 aromatic heterocycles. The number of nitrogen functional groups attached to an aromatic ring is 2. The van der Waals surface area contributed by atoms with Gasteiger partial charge in [0.05, 0.1) is 0 Å². The normalized spacial score (nSPS) is 10.5. The van der Waals surface area contributed by atoms with Crippen LogP contribution < -0.4 is 22.9 Å². The van der Waals surface area contributed by atoms with Gasteiger partial charge in [-0.1, -0.05) is 24.3 Å². The molecule has 6 nitrogen and oxygen atoms in total. The molecular formula is C20H18N4O2. The van der Waals surface area contributed by atoms with Crippen LogP contribution in [0.3, 0.4) is 0 Å². The van der Waals surface area contributed by atoms with Crippen molar-refractivity contribution in [1.82, 2.24) is 0 Å². The lowest BCUT2D eigenvalue weighted by molar-refractivity contribution is 0.0989. The minimum Gasteiger partial charge on any atom is -0.399 e. The Labute approximate surface area is 150 Å². The zero-order valence-electron chi connectivity index (χ0n) is 13.9. The summed E-state index contributed by atoms with van der Waals surface area (Å²) in [6.45, 7) is 0. The maximum atomic E-state index is 12.1. The standard InChI is InChI=1S/C20H18N4O2/c21-13-6-4-11(5-7-13)17-15(19(23)25)8-9-16(20(24)26)18(17)12-2-1-3-14(22)10-12/h1-10H,21-22H2,(H2,23,25)(H2,24,26). The molecular weight excluding hydrogens is 328 g/mol. The van der Waals surface area contributed by atoms with Crippen molar-refractivity contribution >= 4 is 23.2 Å². The highest BCUT2D eigenvalue weighted by Gasteiger charge is 2.21. The van der Waals surface area contributed by atoms with Gasteiger partial charge in [0.15, 0.2) is 0 Å². The second kappa shape index (κ2) is 6.60. The molecule has 0 aliphatic rings. The fraction of sp³-hybridized carbons (Fsp3) is 0. The number of anilines is 2. The Hall–Kier alpha value is -3.80. The molecule has 3 rings (SSSR count). The van der Waals surface area contributed by atoms with Gasteiger partial charge >= 0.3 is 0 Å². The van der Waals surface area contributed by atoms with E-state index < -0.39 is 11.8 Å². The first kappa shape index (κ1) is 17.0. The van der Waals surface area contributed by atoms with Crippen molar-refractivity contribution in [1.29, 1.82) is 0 Å². The topological polar surface area (TPSA) is 138 Å². The summed E-state index contributed by atoms with van der Waals surface area (Å²) in [6, 6.07) is 17.0. The third-order valence-electron chi connectivity index (χ3n) is 4.11. The van der Waals surface area contributed by atoms with E-state index in [1.54, 1.807) is 48.5 Å². The van der Waals surface area contributed by atoms with Gasteiger partial charge in [-0.3, -0.25) is 9.59 Å². The summed E-state index contributed by atoms with van der Waals surface area (Å²) < 4.78 is 0. The molecule has 2 amide bonds. The molecule has 26 heavy (non-hydrogen) atoms. The number of nitrogens with two attached hydrogens (primary N) is 4. The molecule has 0 aliphatic carbocycles. The summed E-state index contributed by atoms with van der Waals surface area (Å²) in [7, 11) is 0. The Bertz CT molecular complexity index is 1010. The monoisotopic (exact) mass is 346 g/mol. The number of primary amides is 2. The second-order valence-electron chi connectivity index (χ2n) is 5.89. The minimum atomic E-state index is -0.616. The van der Waals surface area contributed by atoms with Crippen molar-refractivity contribution in [2.24, 2.45) is 11.5 Å². The molecule has 3 aromatic carbocycles. The zero-order valence-corrected chi connectivity index (χ0v) is 13.9. The van der Waals surface area contributed by atoms with Crippen LogP contribution in [0.15, 0.2) is 60.7 Å². The third kappa shape index (κ3) is 3.08. The van der Waals surface area contributed by atoms with E-state index in [-0.39, 0.29) is 11.1 Å². The summed E-state index contributed by atoms with van der Waals surface area (Å²) in [5, 5.41) is 0. The number of benzene rings is 3. The molecule has 0 saturated heterocycles. The molecule has 0 radical (unpaired) electrons. The number of hydrogen-bond acceptors (Lipinski definition) is 4. The van der Waals surface area contributed by atoms with Crippen LogP contribution in [0.2, 0.25) is 0 Å². The summed E-state index contributed by atoms with van der Waals surface area (Å²) in [5.41, 5.74) is 26.8. The Morgan fingerprint density at radius 3 is 1.65 bits per heavy atom. The molecule has 0 atom stereocenters. The van der Waals surface area contributed by atoms with Gasteiger partial charge in [-0.25, -0.2) is 0 Å². The summed E-state index contributed by atoms with van der Waals surface area (Å²) in [4.78, 5) is 24.1. The third-order valence-corrected chi connectivity index (χ3v) is 4.11. The zero-order chi connectivity index (χ0) is 18.8. The van der Waals surface area contributed by atoms with Crippen LogP contribution in [0, 0.1) is 0 Å². The lowest BCUT2D eigenvalue weighted by Gasteiger charge is -2.17. The lowest BCUT2D eigenvalue weighted by Crippen LogP contribution is -2.17. The van der Waals surface area contributed by atoms with Gasteiger partial charge in [-0.15, -0.1) is 0 Å². The van der Waals surface area contributed by atoms with Gasteiger partial charge in [0.1, 0.15) is 0 Å². The van der Waals surface area contributed by atoms with Crippen LogP contribution in [0.1, 0.15) is 20.7 Å². The Kier molecular flexibility index (Phi) is 4.33. The van der Waals surface area contributed by atoms with E-state index in [1.165, 1.54) is 12.1 Å². The first-order valence-electron chi connectivity index (χ1n) is 7.87. The smallest absolute Gasteiger partial charge is 0.249 e. The quantitative estimate of drug-likeness (QED) is 0.539. The molecule has 6 heteroatoms. The average molecular weight is 346 g/mol. The first-order chi connectivity index (χ1) is 12.4. The fourth-order valence-electron chi connectivity index (χ4n) is 2.96. The van der Waals surface area contributed by atoms with Crippen LogP contribution in [0.25, 0.3) is 22.3 Å². The van der Waals surface area contributed by atoms with Crippen molar-refractivity contribution in [3.05, 3.63) is 71.8 Å². The van der Waals surface area contributed by atoms with Gasteiger partial charge in [0.25, 0.3) is 0 Å². The number of carbonyl (C=O) groups excluding carboxylic acids is 2. The predicted octanol–water partition coefficient (Wildman–Crippen LogP) is 2.38. The van der Waals surface area contributed by atoms with Gasteiger partial charge in [-0.2, -0.15) is 0 Å². The van der Waals surface area contributed by atoms with E-state index in [2.05, 4.69) is 0 Å². The SMILES string of the molecule is NC(=O)c1ccc(C(N)=O)c(-c2cccc(N)c2)c1-c1ccc(N)cc1. The van der Waals surface area contributed by atoms with E-state index in [9.17, 15) is 9.59 Å². The van der Waals surface area contributed by atoms with Crippen LogP contribution in [-0.2, 0) is 0 Å². The van der Waals surface area contributed by atoms with Gasteiger partial charge < -0.3 is 22.9 Å². The van der Waals surface area contributed by atoms with Gasteiger partial charge in [0, 0.05) is 33.6 Å². The summed E-state index contributed by atoms with van der Waals surface area (Å²) in [6.07, 6.45) is 0. The van der Waals surface area contributed by atoms with Crippen LogP contribution in [-0.4, -0.2) is 11.8 Å². The van der Waals surface area contributed by atoms with E-state index >= 15 is 0 Å². The molecule has 0 heterocycles. The molecule has 8 N–H and O–H groups in total. The molecule has 3 aromatic rings.